The van der Waals surface area contributed by atoms with Gasteiger partial charge in [0.1, 0.15) is 17.5 Å². The van der Waals surface area contributed by atoms with Gasteiger partial charge in [-0.15, -0.1) is 0 Å². The number of likely N-dealkylation sites (tertiary alicyclic amines) is 2. The Hall–Kier alpha value is -3.57. The molecular formula is C32H50N6O5. The number of ether oxygens (including phenoxy) is 2. The summed E-state index contributed by atoms with van der Waals surface area (Å²) in [5, 5.41) is 3.46. The standard InChI is InChI=1S/C16H25N3O2.C8H16N2O2.C8H9NO/c1-11-6-13(7-12(2)18-11)8-17-14-9-19(10-14)15(20)21-16(3,4)5;1-8(2,3)12-7(11)10-4-6(9)5-10;1-6-3-8(5-10)4-7(2)9-6/h6-7,14,17H,8-10H2,1-5H3;6H,4-5,9H2,1-3H3;3-5H,1-2H3. The average molecular weight is 599 g/mol. The van der Waals surface area contributed by atoms with Crippen LogP contribution in [-0.4, -0.2) is 87.7 Å². The first-order chi connectivity index (χ1) is 19.8. The lowest BCUT2D eigenvalue weighted by atomic mass is 10.1. The summed E-state index contributed by atoms with van der Waals surface area (Å²) in [6, 6.07) is 8.18. The molecule has 0 bridgehead atoms. The van der Waals surface area contributed by atoms with E-state index in [1.165, 1.54) is 5.56 Å². The quantitative estimate of drug-likeness (QED) is 0.488. The highest BCUT2D eigenvalue weighted by molar-refractivity contribution is 5.74. The fourth-order valence-corrected chi connectivity index (χ4v) is 4.29. The van der Waals surface area contributed by atoms with Crippen LogP contribution in [0, 0.1) is 27.7 Å². The van der Waals surface area contributed by atoms with Crippen molar-refractivity contribution in [2.45, 2.75) is 99.1 Å². The summed E-state index contributed by atoms with van der Waals surface area (Å²) >= 11 is 0. The molecule has 11 nitrogen and oxygen atoms in total. The Morgan fingerprint density at radius 2 is 1.21 bits per heavy atom. The molecule has 0 radical (unpaired) electrons. The van der Waals surface area contributed by atoms with E-state index in [0.29, 0.717) is 37.8 Å². The minimum atomic E-state index is -0.429. The van der Waals surface area contributed by atoms with Gasteiger partial charge in [0.25, 0.3) is 0 Å². The highest BCUT2D eigenvalue weighted by Gasteiger charge is 2.33. The summed E-state index contributed by atoms with van der Waals surface area (Å²) in [6.07, 6.45) is 0.349. The van der Waals surface area contributed by atoms with Crippen molar-refractivity contribution in [3.05, 3.63) is 58.2 Å². The number of hydrogen-bond donors (Lipinski definition) is 2. The first kappa shape index (κ1) is 35.6. The Morgan fingerprint density at radius 3 is 1.58 bits per heavy atom. The number of aromatic nitrogens is 2. The summed E-state index contributed by atoms with van der Waals surface area (Å²) in [4.78, 5) is 45.2. The molecule has 0 aliphatic carbocycles. The van der Waals surface area contributed by atoms with Crippen LogP contribution in [0.4, 0.5) is 9.59 Å². The Kier molecular flexibility index (Phi) is 12.6. The first-order valence-electron chi connectivity index (χ1n) is 14.6. The molecule has 0 aromatic carbocycles. The first-order valence-corrected chi connectivity index (χ1v) is 14.6. The fraction of sp³-hybridized carbons (Fsp3) is 0.594. The molecule has 0 saturated carbocycles. The van der Waals surface area contributed by atoms with Crippen LogP contribution in [0.25, 0.3) is 0 Å². The third-order valence-corrected chi connectivity index (χ3v) is 6.07. The van der Waals surface area contributed by atoms with E-state index in [2.05, 4.69) is 27.4 Å². The Balaban J connectivity index is 0.000000248. The van der Waals surface area contributed by atoms with Gasteiger partial charge in [-0.3, -0.25) is 14.8 Å². The number of carbonyl (C=O) groups is 3. The van der Waals surface area contributed by atoms with Crippen molar-refractivity contribution in [1.82, 2.24) is 25.1 Å². The van der Waals surface area contributed by atoms with E-state index in [4.69, 9.17) is 15.2 Å². The molecule has 2 aliphatic heterocycles. The molecule has 2 aromatic rings. The van der Waals surface area contributed by atoms with Crippen LogP contribution >= 0.6 is 0 Å². The second-order valence-corrected chi connectivity index (χ2v) is 13.2. The molecule has 2 aliphatic rings. The Morgan fingerprint density at radius 1 is 0.814 bits per heavy atom. The highest BCUT2D eigenvalue weighted by atomic mass is 16.6. The molecule has 2 amide bonds. The van der Waals surface area contributed by atoms with Crippen molar-refractivity contribution < 1.29 is 23.9 Å². The van der Waals surface area contributed by atoms with Gasteiger partial charge in [0.15, 0.2) is 0 Å². The molecule has 238 valence electrons. The number of hydrogen-bond acceptors (Lipinski definition) is 9. The topological polar surface area (TPSA) is 140 Å². The monoisotopic (exact) mass is 598 g/mol. The van der Waals surface area contributed by atoms with E-state index in [-0.39, 0.29) is 18.2 Å². The van der Waals surface area contributed by atoms with Crippen LogP contribution in [0.5, 0.6) is 0 Å². The van der Waals surface area contributed by atoms with Gasteiger partial charge in [0, 0.05) is 73.1 Å². The molecule has 0 atom stereocenters. The van der Waals surface area contributed by atoms with Crippen molar-refractivity contribution >= 4 is 18.5 Å². The number of aldehydes is 1. The minimum Gasteiger partial charge on any atom is -0.444 e. The second kappa shape index (κ2) is 15.2. The van der Waals surface area contributed by atoms with Crippen molar-refractivity contribution in [1.29, 1.82) is 0 Å². The maximum absolute atomic E-state index is 11.8. The number of pyridine rings is 2. The van der Waals surface area contributed by atoms with Crippen LogP contribution in [-0.2, 0) is 16.0 Å². The van der Waals surface area contributed by atoms with E-state index in [0.717, 1.165) is 35.6 Å². The molecule has 3 N–H and O–H groups in total. The number of rotatable bonds is 4. The zero-order valence-electron chi connectivity index (χ0n) is 27.5. The van der Waals surface area contributed by atoms with Crippen LogP contribution in [0.15, 0.2) is 24.3 Å². The van der Waals surface area contributed by atoms with Gasteiger partial charge in [-0.25, -0.2) is 9.59 Å². The van der Waals surface area contributed by atoms with E-state index in [1.54, 1.807) is 21.9 Å². The van der Waals surface area contributed by atoms with Gasteiger partial charge < -0.3 is 30.3 Å². The zero-order chi connectivity index (χ0) is 32.5. The molecule has 4 heterocycles. The number of nitrogens with two attached hydrogens (primary N) is 1. The van der Waals surface area contributed by atoms with Gasteiger partial charge in [-0.1, -0.05) is 0 Å². The van der Waals surface area contributed by atoms with E-state index in [1.807, 2.05) is 69.2 Å². The number of nitrogens with one attached hydrogen (secondary N) is 1. The molecule has 0 spiro atoms. The number of aryl methyl sites for hydroxylation is 4. The summed E-state index contributed by atoms with van der Waals surface area (Å²) in [6.45, 7) is 22.4. The molecule has 0 unspecified atom stereocenters. The van der Waals surface area contributed by atoms with Crippen molar-refractivity contribution in [2.24, 2.45) is 5.73 Å². The average Bonchev–Trinajstić information content (AvgIpc) is 2.78. The summed E-state index contributed by atoms with van der Waals surface area (Å²) in [5.74, 6) is 0. The predicted octanol–water partition coefficient (Wildman–Crippen LogP) is 4.48. The third-order valence-electron chi connectivity index (χ3n) is 6.07. The molecule has 2 aromatic heterocycles. The van der Waals surface area contributed by atoms with Gasteiger partial charge in [0.2, 0.25) is 0 Å². The molecule has 43 heavy (non-hydrogen) atoms. The number of carbonyl (C=O) groups excluding carboxylic acids is 3. The van der Waals surface area contributed by atoms with Gasteiger partial charge >= 0.3 is 12.2 Å². The largest absolute Gasteiger partial charge is 0.444 e. The number of amides is 2. The maximum atomic E-state index is 11.8. The minimum absolute atomic E-state index is 0.137. The lowest BCUT2D eigenvalue weighted by molar-refractivity contribution is 0.00499. The van der Waals surface area contributed by atoms with E-state index < -0.39 is 11.2 Å². The van der Waals surface area contributed by atoms with Crippen molar-refractivity contribution in [2.75, 3.05) is 26.2 Å². The van der Waals surface area contributed by atoms with E-state index >= 15 is 0 Å². The van der Waals surface area contributed by atoms with Gasteiger partial charge in [0.05, 0.1) is 0 Å². The third kappa shape index (κ3) is 13.5. The Bertz CT molecular complexity index is 1200. The van der Waals surface area contributed by atoms with Crippen molar-refractivity contribution in [3.8, 4) is 0 Å². The molecule has 11 heteroatoms. The van der Waals surface area contributed by atoms with Gasteiger partial charge in [-0.2, -0.15) is 0 Å². The van der Waals surface area contributed by atoms with Crippen LogP contribution < -0.4 is 11.1 Å². The lowest BCUT2D eigenvalue weighted by Crippen LogP contribution is -2.60. The zero-order valence-corrected chi connectivity index (χ0v) is 27.5. The van der Waals surface area contributed by atoms with Crippen LogP contribution in [0.3, 0.4) is 0 Å². The molecule has 2 fully saturated rings. The van der Waals surface area contributed by atoms with Crippen molar-refractivity contribution in [3.63, 3.8) is 0 Å². The number of nitrogens with zero attached hydrogens (tertiary/aromatic N) is 4. The highest BCUT2D eigenvalue weighted by Crippen LogP contribution is 2.16. The second-order valence-electron chi connectivity index (χ2n) is 13.2. The maximum Gasteiger partial charge on any atom is 0.410 e. The fourth-order valence-electron chi connectivity index (χ4n) is 4.29. The molecule has 2 saturated heterocycles. The van der Waals surface area contributed by atoms with Gasteiger partial charge in [-0.05, 0) is 99.1 Å². The summed E-state index contributed by atoms with van der Waals surface area (Å²) in [7, 11) is 0. The molecule has 4 rings (SSSR count). The Labute approximate surface area is 256 Å². The SMILES string of the molecule is CC(C)(C)OC(=O)N1CC(N)C1.Cc1cc(C=O)cc(C)n1.Cc1cc(CNC2CN(C(=O)OC(C)(C)C)C2)cc(C)n1. The summed E-state index contributed by atoms with van der Waals surface area (Å²) in [5.41, 5.74) is 10.5. The predicted molar refractivity (Wildman–Crippen MR) is 167 cm³/mol. The smallest absolute Gasteiger partial charge is 0.410 e. The van der Waals surface area contributed by atoms with Crippen LogP contribution in [0.1, 0.15) is 80.2 Å². The van der Waals surface area contributed by atoms with Crippen LogP contribution in [0.2, 0.25) is 0 Å². The molecular weight excluding hydrogens is 548 g/mol. The lowest BCUT2D eigenvalue weighted by Gasteiger charge is -2.40. The summed E-state index contributed by atoms with van der Waals surface area (Å²) < 4.78 is 10.5. The normalized spacial score (nSPS) is 15.1. The van der Waals surface area contributed by atoms with E-state index in [9.17, 15) is 14.4 Å².